The number of benzene rings is 1. The number of amides is 1. The molecule has 1 unspecified atom stereocenters. The minimum atomic E-state index is -0.764. The van der Waals surface area contributed by atoms with Gasteiger partial charge in [-0.15, -0.1) is 11.3 Å². The third kappa shape index (κ3) is 5.89. The largest absolute Gasteiger partial charge is 0.382 e. The van der Waals surface area contributed by atoms with Gasteiger partial charge < -0.3 is 4.90 Å². The summed E-state index contributed by atoms with van der Waals surface area (Å²) in [4.78, 5) is 42.9. The molecule has 2 heterocycles. The van der Waals surface area contributed by atoms with Crippen LogP contribution in [0, 0.1) is 0 Å². The quantitative estimate of drug-likeness (QED) is 0.175. The van der Waals surface area contributed by atoms with Crippen molar-refractivity contribution < 1.29 is 24.5 Å². The first kappa shape index (κ1) is 22.9. The number of rotatable bonds is 10. The minimum absolute atomic E-state index is 0.0413. The predicted octanol–water partition coefficient (Wildman–Crippen LogP) is 5.44. The third-order valence-corrected chi connectivity index (χ3v) is 6.44. The first-order chi connectivity index (χ1) is 15.0. The first-order valence-electron chi connectivity index (χ1n) is 10.6. The van der Waals surface area contributed by atoms with E-state index in [-0.39, 0.29) is 17.7 Å². The number of carbonyl (C=O) groups is 3. The molecule has 1 aliphatic rings. The number of unbranched alkanes of at least 4 members (excludes halogenated alkanes) is 2. The molecular formula is C24H27NO5S. The van der Waals surface area contributed by atoms with Gasteiger partial charge in [0.1, 0.15) is 4.88 Å². The van der Waals surface area contributed by atoms with Gasteiger partial charge in [-0.2, -0.15) is 5.26 Å². The summed E-state index contributed by atoms with van der Waals surface area (Å²) in [6, 6.07) is 10.7. The molecule has 1 saturated heterocycles. The molecule has 0 spiro atoms. The smallest absolute Gasteiger partial charge is 0.306 e. The molecule has 1 aromatic carbocycles. The fourth-order valence-electron chi connectivity index (χ4n) is 3.70. The van der Waals surface area contributed by atoms with Crippen LogP contribution in [0.2, 0.25) is 0 Å². The second-order valence-corrected chi connectivity index (χ2v) is 8.74. The average Bonchev–Trinajstić information content (AvgIpc) is 3.40. The van der Waals surface area contributed by atoms with E-state index in [1.165, 1.54) is 11.3 Å². The molecule has 31 heavy (non-hydrogen) atoms. The number of hydrogen-bond acceptors (Lipinski definition) is 6. The highest BCUT2D eigenvalue weighted by Gasteiger charge is 2.30. The highest BCUT2D eigenvalue weighted by Crippen LogP contribution is 2.28. The topological polar surface area (TPSA) is 83.9 Å². The van der Waals surface area contributed by atoms with Crippen molar-refractivity contribution in [2.75, 3.05) is 4.90 Å². The van der Waals surface area contributed by atoms with Crippen LogP contribution in [0.5, 0.6) is 0 Å². The average molecular weight is 442 g/mol. The molecule has 1 aliphatic heterocycles. The Morgan fingerprint density at radius 2 is 1.97 bits per heavy atom. The molecule has 164 valence electrons. The number of anilines is 1. The maximum atomic E-state index is 12.5. The number of carbonyl (C=O) groups excluding carboxylic acids is 3. The summed E-state index contributed by atoms with van der Waals surface area (Å²) < 4.78 is 0. The Hall–Kier alpha value is -2.77. The lowest BCUT2D eigenvalue weighted by molar-refractivity contribution is -0.182. The molecule has 6 nitrogen and oxygen atoms in total. The summed E-state index contributed by atoms with van der Waals surface area (Å²) in [5, 5.41) is 8.46. The van der Waals surface area contributed by atoms with Crippen LogP contribution in [0.15, 0.2) is 48.6 Å². The molecule has 0 bridgehead atoms. The molecule has 1 fully saturated rings. The maximum absolute atomic E-state index is 12.5. The molecule has 3 rings (SSSR count). The van der Waals surface area contributed by atoms with Crippen LogP contribution in [0.1, 0.15) is 70.4 Å². The standard InChI is InChI=1S/C24H27NO5S/c1-2-3-4-8-21(26)17-9-11-19(12-10-17)25-18(13-16-23(25)27)6-5-7-20-14-15-22(31-20)24(28)30-29/h5-6,9-12,14-15,18,29H,2-4,7-8,13,16H2,1H3. The van der Waals surface area contributed by atoms with Crippen LogP contribution in [0.4, 0.5) is 5.69 Å². The van der Waals surface area contributed by atoms with Gasteiger partial charge in [-0.05, 0) is 55.7 Å². The van der Waals surface area contributed by atoms with E-state index in [2.05, 4.69) is 11.8 Å². The summed E-state index contributed by atoms with van der Waals surface area (Å²) in [6.07, 6.45) is 9.44. The van der Waals surface area contributed by atoms with Crippen molar-refractivity contribution in [3.63, 3.8) is 0 Å². The Labute approximate surface area is 186 Å². The minimum Gasteiger partial charge on any atom is -0.306 e. The van der Waals surface area contributed by atoms with Crippen LogP contribution in [0.25, 0.3) is 0 Å². The fourth-order valence-corrected chi connectivity index (χ4v) is 4.55. The number of Topliss-reactive ketones (excluding diaryl/α,β-unsaturated/α-hetero) is 1. The van der Waals surface area contributed by atoms with Crippen molar-refractivity contribution in [3.05, 3.63) is 63.9 Å². The Kier molecular flexibility index (Phi) is 8.14. The molecular weight excluding hydrogens is 414 g/mol. The third-order valence-electron chi connectivity index (χ3n) is 5.35. The van der Waals surface area contributed by atoms with Crippen molar-refractivity contribution in [1.29, 1.82) is 0 Å². The van der Waals surface area contributed by atoms with Gasteiger partial charge in [0.15, 0.2) is 5.78 Å². The van der Waals surface area contributed by atoms with Crippen LogP contribution in [0.3, 0.4) is 0 Å². The Balaban J connectivity index is 1.63. The molecule has 1 aromatic heterocycles. The zero-order valence-electron chi connectivity index (χ0n) is 17.6. The molecule has 1 N–H and O–H groups in total. The highest BCUT2D eigenvalue weighted by molar-refractivity contribution is 7.13. The van der Waals surface area contributed by atoms with Gasteiger partial charge in [0, 0.05) is 29.0 Å². The van der Waals surface area contributed by atoms with Crippen molar-refractivity contribution in [1.82, 2.24) is 0 Å². The molecule has 0 radical (unpaired) electrons. The van der Waals surface area contributed by atoms with Crippen LogP contribution in [-0.2, 0) is 16.1 Å². The summed E-state index contributed by atoms with van der Waals surface area (Å²) in [5.41, 5.74) is 1.49. The Bertz CT molecular complexity index is 947. The second kappa shape index (κ2) is 11.0. The molecule has 7 heteroatoms. The number of hydrogen-bond donors (Lipinski definition) is 1. The van der Waals surface area contributed by atoms with Gasteiger partial charge in [-0.25, -0.2) is 4.79 Å². The highest BCUT2D eigenvalue weighted by atomic mass is 32.1. The second-order valence-electron chi connectivity index (χ2n) is 7.57. The van der Waals surface area contributed by atoms with E-state index in [4.69, 9.17) is 5.26 Å². The van der Waals surface area contributed by atoms with Gasteiger partial charge in [-0.1, -0.05) is 31.9 Å². The van der Waals surface area contributed by atoms with Gasteiger partial charge in [0.25, 0.3) is 0 Å². The van der Waals surface area contributed by atoms with Crippen molar-refractivity contribution >= 4 is 34.7 Å². The maximum Gasteiger partial charge on any atom is 0.382 e. The molecule has 1 amide bonds. The number of nitrogens with zero attached hydrogens (tertiary/aromatic N) is 1. The monoisotopic (exact) mass is 441 g/mol. The van der Waals surface area contributed by atoms with Gasteiger partial charge in [-0.3, -0.25) is 14.5 Å². The lowest BCUT2D eigenvalue weighted by atomic mass is 10.0. The van der Waals surface area contributed by atoms with E-state index in [1.807, 2.05) is 42.5 Å². The van der Waals surface area contributed by atoms with Gasteiger partial charge >= 0.3 is 5.97 Å². The first-order valence-corrected chi connectivity index (χ1v) is 11.4. The molecule has 0 aliphatic carbocycles. The van der Waals surface area contributed by atoms with E-state index in [0.29, 0.717) is 29.7 Å². The SMILES string of the molecule is CCCCCC(=O)c1ccc(N2C(=O)CCC2C=CCc2ccc(C(=O)OO)s2)cc1. The molecule has 0 saturated carbocycles. The van der Waals surface area contributed by atoms with Gasteiger partial charge in [0.05, 0.1) is 6.04 Å². The lowest BCUT2D eigenvalue weighted by Crippen LogP contribution is -2.31. The predicted molar refractivity (Wildman–Crippen MR) is 121 cm³/mol. The van der Waals surface area contributed by atoms with E-state index < -0.39 is 5.97 Å². The van der Waals surface area contributed by atoms with E-state index in [9.17, 15) is 14.4 Å². The van der Waals surface area contributed by atoms with Crippen molar-refractivity contribution in [2.45, 2.75) is 57.9 Å². The summed E-state index contributed by atoms with van der Waals surface area (Å²) >= 11 is 1.26. The summed E-state index contributed by atoms with van der Waals surface area (Å²) in [5.74, 6) is -0.551. The van der Waals surface area contributed by atoms with Crippen LogP contribution >= 0.6 is 11.3 Å². The normalized spacial score (nSPS) is 16.3. The van der Waals surface area contributed by atoms with Crippen molar-refractivity contribution in [2.24, 2.45) is 0 Å². The zero-order chi connectivity index (χ0) is 22.2. The van der Waals surface area contributed by atoms with Crippen LogP contribution in [-0.4, -0.2) is 29.0 Å². The molecule has 2 aromatic rings. The lowest BCUT2D eigenvalue weighted by Gasteiger charge is -2.22. The number of allylic oxidation sites excluding steroid dienone is 1. The Morgan fingerprint density at radius 1 is 1.19 bits per heavy atom. The van der Waals surface area contributed by atoms with E-state index in [0.717, 1.165) is 36.2 Å². The fraction of sp³-hybridized carbons (Fsp3) is 0.375. The van der Waals surface area contributed by atoms with E-state index in [1.54, 1.807) is 11.0 Å². The van der Waals surface area contributed by atoms with Crippen molar-refractivity contribution in [3.8, 4) is 0 Å². The van der Waals surface area contributed by atoms with Crippen LogP contribution < -0.4 is 4.90 Å². The zero-order valence-corrected chi connectivity index (χ0v) is 18.4. The number of ketones is 1. The van der Waals surface area contributed by atoms with E-state index >= 15 is 0 Å². The number of thiophene rings is 1. The Morgan fingerprint density at radius 3 is 2.68 bits per heavy atom. The summed E-state index contributed by atoms with van der Waals surface area (Å²) in [6.45, 7) is 2.11. The summed E-state index contributed by atoms with van der Waals surface area (Å²) in [7, 11) is 0. The molecule has 1 atom stereocenters. The van der Waals surface area contributed by atoms with Gasteiger partial charge in [0.2, 0.25) is 5.91 Å².